The molecule has 4 aliphatic rings. The number of halogens is 2. The quantitative estimate of drug-likeness (QED) is 0.319. The Bertz CT molecular complexity index is 1150. The number of hydrogen-bond donors (Lipinski definition) is 0. The van der Waals surface area contributed by atoms with Crippen LogP contribution in [0.3, 0.4) is 0 Å². The summed E-state index contributed by atoms with van der Waals surface area (Å²) < 4.78 is 0. The van der Waals surface area contributed by atoms with Crippen molar-refractivity contribution in [3.8, 4) is 0 Å². The van der Waals surface area contributed by atoms with Crippen molar-refractivity contribution in [1.82, 2.24) is 0 Å². The highest BCUT2D eigenvalue weighted by atomic mass is 35.5. The molecule has 43 heavy (non-hydrogen) atoms. The van der Waals surface area contributed by atoms with Crippen molar-refractivity contribution in [2.75, 3.05) is 0 Å². The molecule has 0 aromatic heterocycles. The second-order valence-corrected chi connectivity index (χ2v) is 18.8. The zero-order chi connectivity index (χ0) is 30.9. The second-order valence-electron chi connectivity index (χ2n) is 17.9. The van der Waals surface area contributed by atoms with Crippen molar-refractivity contribution in [2.45, 2.75) is 112 Å². The summed E-state index contributed by atoms with van der Waals surface area (Å²) in [6, 6.07) is 18.4. The number of benzene rings is 2. The molecule has 2 aromatic rings. The Labute approximate surface area is 274 Å². The molecule has 0 amide bonds. The van der Waals surface area contributed by atoms with Crippen LogP contribution < -0.4 is 0 Å². The Kier molecular flexibility index (Phi) is 8.68. The van der Waals surface area contributed by atoms with Gasteiger partial charge in [-0.3, -0.25) is 0 Å². The van der Waals surface area contributed by atoms with Gasteiger partial charge in [-0.2, -0.15) is 0 Å². The average molecular weight is 622 g/mol. The van der Waals surface area contributed by atoms with Crippen LogP contribution >= 0.6 is 23.2 Å². The fourth-order valence-corrected chi connectivity index (χ4v) is 12.5. The maximum absolute atomic E-state index is 6.61. The summed E-state index contributed by atoms with van der Waals surface area (Å²) in [6.07, 6.45) is 11.0. The van der Waals surface area contributed by atoms with E-state index in [-0.39, 0.29) is 5.41 Å². The van der Waals surface area contributed by atoms with Gasteiger partial charge >= 0.3 is 0 Å². The van der Waals surface area contributed by atoms with Crippen LogP contribution in [-0.2, 0) is 5.41 Å². The second kappa shape index (κ2) is 11.7. The van der Waals surface area contributed by atoms with Crippen LogP contribution in [0.2, 0.25) is 10.0 Å². The average Bonchev–Trinajstić information content (AvgIpc) is 3.56. The minimum Gasteiger partial charge on any atom is -0.0843 e. The highest BCUT2D eigenvalue weighted by Crippen LogP contribution is 2.70. The summed E-state index contributed by atoms with van der Waals surface area (Å²) in [5.41, 5.74) is 3.76. The van der Waals surface area contributed by atoms with Crippen LogP contribution in [-0.4, -0.2) is 0 Å². The summed E-state index contributed by atoms with van der Waals surface area (Å²) in [5, 5.41) is 1.70. The molecule has 8 unspecified atom stereocenters. The van der Waals surface area contributed by atoms with Crippen molar-refractivity contribution in [2.24, 2.45) is 70.0 Å². The summed E-state index contributed by atoms with van der Waals surface area (Å²) in [6.45, 7) is 20.3. The first-order chi connectivity index (χ1) is 20.2. The van der Waals surface area contributed by atoms with E-state index < -0.39 is 0 Å². The summed E-state index contributed by atoms with van der Waals surface area (Å²) in [4.78, 5) is 0. The van der Waals surface area contributed by atoms with E-state index in [1.54, 1.807) is 0 Å². The lowest BCUT2D eigenvalue weighted by molar-refractivity contribution is 0.0102. The minimum atomic E-state index is -0.00338. The van der Waals surface area contributed by atoms with Crippen LogP contribution in [0.15, 0.2) is 48.5 Å². The number of rotatable bonds is 4. The zero-order valence-corrected chi connectivity index (χ0v) is 29.8. The highest BCUT2D eigenvalue weighted by Gasteiger charge is 2.64. The van der Waals surface area contributed by atoms with E-state index >= 15 is 0 Å². The van der Waals surface area contributed by atoms with Gasteiger partial charge < -0.3 is 0 Å². The molecule has 6 rings (SSSR count). The molecule has 4 saturated carbocycles. The lowest BCUT2D eigenvalue weighted by Crippen LogP contribution is -2.49. The van der Waals surface area contributed by atoms with Crippen LogP contribution in [0.25, 0.3) is 0 Å². The molecule has 2 aromatic carbocycles. The zero-order valence-electron chi connectivity index (χ0n) is 28.3. The van der Waals surface area contributed by atoms with Gasteiger partial charge in [-0.1, -0.05) is 116 Å². The third-order valence-corrected chi connectivity index (χ3v) is 14.2. The van der Waals surface area contributed by atoms with Gasteiger partial charge in [0.2, 0.25) is 0 Å². The topological polar surface area (TPSA) is 0 Å². The predicted molar refractivity (Wildman–Crippen MR) is 186 cm³/mol. The molecule has 2 heteroatoms. The highest BCUT2D eigenvalue weighted by molar-refractivity contribution is 6.30. The predicted octanol–water partition coefficient (Wildman–Crippen LogP) is 12.7. The van der Waals surface area contributed by atoms with E-state index in [1.165, 1.54) is 62.5 Å². The maximum Gasteiger partial charge on any atom is 0.0406 e. The third kappa shape index (κ3) is 5.56. The van der Waals surface area contributed by atoms with E-state index in [2.05, 4.69) is 104 Å². The van der Waals surface area contributed by atoms with Gasteiger partial charge in [0.15, 0.2) is 0 Å². The van der Waals surface area contributed by atoms with Crippen molar-refractivity contribution >= 4 is 23.2 Å². The van der Waals surface area contributed by atoms with E-state index in [0.717, 1.165) is 57.4 Å². The molecule has 4 fully saturated rings. The molecule has 236 valence electrons. The maximum atomic E-state index is 6.61. The number of fused-ring (bicyclic) bond motifs is 3. The summed E-state index contributed by atoms with van der Waals surface area (Å²) >= 11 is 13.2. The van der Waals surface area contributed by atoms with Crippen LogP contribution in [0.5, 0.6) is 0 Å². The van der Waals surface area contributed by atoms with Gasteiger partial charge in [0.1, 0.15) is 0 Å². The molecule has 4 aliphatic carbocycles. The van der Waals surface area contributed by atoms with Gasteiger partial charge in [0.05, 0.1) is 0 Å². The SMILES string of the molecule is CC1CC2C(CC1C(C)(C)C)C1CC(C(C)(C)C)C(C)CC1C2C(c1ccc(Cl)cc1)(c1ccc(Cl)cc1)C1CCCC1. The molecule has 0 nitrogen and oxygen atoms in total. The Balaban J connectivity index is 1.58. The lowest BCUT2D eigenvalue weighted by Gasteiger charge is -2.53. The van der Waals surface area contributed by atoms with Crippen LogP contribution in [0, 0.1) is 70.0 Å². The molecular formula is C41H58Cl2. The fourth-order valence-electron chi connectivity index (χ4n) is 12.3. The Morgan fingerprint density at radius 1 is 0.535 bits per heavy atom. The lowest BCUT2D eigenvalue weighted by atomic mass is 9.50. The van der Waals surface area contributed by atoms with E-state index in [4.69, 9.17) is 23.2 Å². The molecule has 0 aliphatic heterocycles. The van der Waals surface area contributed by atoms with E-state index in [9.17, 15) is 0 Å². The van der Waals surface area contributed by atoms with E-state index in [1.807, 2.05) is 0 Å². The molecule has 0 spiro atoms. The van der Waals surface area contributed by atoms with Crippen LogP contribution in [0.1, 0.15) is 118 Å². The van der Waals surface area contributed by atoms with Gasteiger partial charge in [-0.05, 0) is 144 Å². The smallest absolute Gasteiger partial charge is 0.0406 e. The normalized spacial score (nSPS) is 35.5. The van der Waals surface area contributed by atoms with Crippen molar-refractivity contribution < 1.29 is 0 Å². The van der Waals surface area contributed by atoms with Gasteiger partial charge in [0, 0.05) is 15.5 Å². The molecule has 0 radical (unpaired) electrons. The molecule has 0 saturated heterocycles. The summed E-state index contributed by atoms with van der Waals surface area (Å²) in [7, 11) is 0. The van der Waals surface area contributed by atoms with Gasteiger partial charge in [-0.25, -0.2) is 0 Å². The summed E-state index contributed by atoms with van der Waals surface area (Å²) in [5.74, 6) is 7.61. The number of hydrogen-bond acceptors (Lipinski definition) is 0. The first-order valence-electron chi connectivity index (χ1n) is 17.7. The molecule has 0 N–H and O–H groups in total. The molecule has 0 heterocycles. The Morgan fingerprint density at radius 2 is 0.907 bits per heavy atom. The van der Waals surface area contributed by atoms with Crippen LogP contribution in [0.4, 0.5) is 0 Å². The van der Waals surface area contributed by atoms with Crippen molar-refractivity contribution in [1.29, 1.82) is 0 Å². The Hall–Kier alpha value is -0.980. The van der Waals surface area contributed by atoms with Crippen molar-refractivity contribution in [3.05, 3.63) is 69.7 Å². The minimum absolute atomic E-state index is 0.00338. The molecular weight excluding hydrogens is 563 g/mol. The monoisotopic (exact) mass is 620 g/mol. The third-order valence-electron chi connectivity index (χ3n) is 13.7. The van der Waals surface area contributed by atoms with Crippen molar-refractivity contribution in [3.63, 3.8) is 0 Å². The van der Waals surface area contributed by atoms with Gasteiger partial charge in [0.25, 0.3) is 0 Å². The fraction of sp³-hybridized carbons (Fsp3) is 0.707. The molecule has 0 bridgehead atoms. The Morgan fingerprint density at radius 3 is 1.26 bits per heavy atom. The molecule has 8 atom stereocenters. The first-order valence-corrected chi connectivity index (χ1v) is 18.5. The van der Waals surface area contributed by atoms with E-state index in [0.29, 0.717) is 22.7 Å². The standard InChI is InChI=1S/C41H58Cl2/c1-25-21-34-32(23-36(25)39(3,4)5)33-24-37(40(6,7)8)26(2)22-35(33)38(34)41(27-11-9-10-12-27,28-13-17-30(42)18-14-28)29-15-19-31(43)20-16-29/h13-20,25-27,32-38H,9-12,21-24H2,1-8H3. The first kappa shape index (κ1) is 32.0. The van der Waals surface area contributed by atoms with Gasteiger partial charge in [-0.15, -0.1) is 0 Å². The largest absolute Gasteiger partial charge is 0.0843 e.